The number of hydrogen-bond donors (Lipinski definition) is 0. The second kappa shape index (κ2) is 11.9. The molecule has 56 heavy (non-hydrogen) atoms. The van der Waals surface area contributed by atoms with Gasteiger partial charge in [-0.15, -0.1) is 10.2 Å². The molecule has 0 saturated heterocycles. The summed E-state index contributed by atoms with van der Waals surface area (Å²) in [5, 5.41) is 16.7. The molecule has 4 heterocycles. The summed E-state index contributed by atoms with van der Waals surface area (Å²) in [5.41, 5.74) is 11.5. The van der Waals surface area contributed by atoms with Gasteiger partial charge in [-0.1, -0.05) is 121 Å². The highest BCUT2D eigenvalue weighted by molar-refractivity contribution is 6.27. The van der Waals surface area contributed by atoms with E-state index < -0.39 is 0 Å². The smallest absolute Gasteiger partial charge is 0.169 e. The molecule has 12 aromatic rings. The van der Waals surface area contributed by atoms with Gasteiger partial charge in [0.15, 0.2) is 11.6 Å². The first-order valence-corrected chi connectivity index (χ1v) is 18.8. The average Bonchev–Trinajstić information content (AvgIpc) is 4.03. The number of rotatable bonds is 5. The molecule has 0 fully saturated rings. The van der Waals surface area contributed by atoms with Crippen LogP contribution in [-0.2, 0) is 0 Å². The predicted octanol–water partition coefficient (Wildman–Crippen LogP) is 12.7. The van der Waals surface area contributed by atoms with Crippen molar-refractivity contribution in [1.82, 2.24) is 23.9 Å². The molecule has 0 radical (unpaired) electrons. The van der Waals surface area contributed by atoms with E-state index in [2.05, 4.69) is 171 Å². The summed E-state index contributed by atoms with van der Waals surface area (Å²) in [6.45, 7) is 0. The van der Waals surface area contributed by atoms with Crippen LogP contribution >= 0.6 is 0 Å². The summed E-state index contributed by atoms with van der Waals surface area (Å²) in [7, 11) is 0. The van der Waals surface area contributed by atoms with E-state index in [0.717, 1.165) is 94.6 Å². The SMILES string of the molecule is c1ccc(-c2nnc(-c3cccc4c3c3ccccc3n4-c3cccc(-n4c5ccccc5c5c6c(ccc54)oc4ccccc46)c3)n2-c2ccccc2)cc1. The largest absolute Gasteiger partial charge is 0.456 e. The van der Waals surface area contributed by atoms with Crippen molar-refractivity contribution in [3.63, 3.8) is 0 Å². The van der Waals surface area contributed by atoms with Gasteiger partial charge in [0.2, 0.25) is 0 Å². The minimum absolute atomic E-state index is 0.792. The molecule has 0 bridgehead atoms. The number of para-hydroxylation sites is 4. The Morgan fingerprint density at radius 1 is 0.339 bits per heavy atom. The first-order valence-electron chi connectivity index (χ1n) is 18.8. The Balaban J connectivity index is 1.10. The lowest BCUT2D eigenvalue weighted by molar-refractivity contribution is 0.669. The summed E-state index contributed by atoms with van der Waals surface area (Å²) in [6, 6.07) is 66.1. The number of aromatic nitrogens is 5. The number of nitrogens with zero attached hydrogens (tertiary/aromatic N) is 5. The Morgan fingerprint density at radius 3 is 1.64 bits per heavy atom. The van der Waals surface area contributed by atoms with Gasteiger partial charge in [-0.2, -0.15) is 0 Å². The zero-order valence-electron chi connectivity index (χ0n) is 30.0. The molecule has 8 aromatic carbocycles. The molecular weight excluding hydrogens is 687 g/mol. The van der Waals surface area contributed by atoms with Gasteiger partial charge in [-0.25, -0.2) is 0 Å². The number of hydrogen-bond acceptors (Lipinski definition) is 3. The molecule has 4 aromatic heterocycles. The van der Waals surface area contributed by atoms with Crippen LogP contribution in [0.5, 0.6) is 0 Å². The summed E-state index contributed by atoms with van der Waals surface area (Å²) >= 11 is 0. The van der Waals surface area contributed by atoms with Crippen molar-refractivity contribution < 1.29 is 4.42 Å². The van der Waals surface area contributed by atoms with Gasteiger partial charge >= 0.3 is 0 Å². The molecular formula is C50H31N5O. The lowest BCUT2D eigenvalue weighted by atomic mass is 10.1. The first-order chi connectivity index (χ1) is 27.8. The van der Waals surface area contributed by atoms with Gasteiger partial charge in [0, 0.05) is 60.5 Å². The molecule has 0 saturated carbocycles. The maximum atomic E-state index is 6.35. The maximum Gasteiger partial charge on any atom is 0.169 e. The Morgan fingerprint density at radius 2 is 0.893 bits per heavy atom. The summed E-state index contributed by atoms with van der Waals surface area (Å²) in [4.78, 5) is 0. The van der Waals surface area contributed by atoms with Crippen molar-refractivity contribution in [3.05, 3.63) is 188 Å². The van der Waals surface area contributed by atoms with E-state index in [4.69, 9.17) is 14.6 Å². The fraction of sp³-hybridized carbons (Fsp3) is 0. The Hall–Kier alpha value is -7.70. The summed E-state index contributed by atoms with van der Waals surface area (Å²) in [5.74, 6) is 1.59. The van der Waals surface area contributed by atoms with Crippen molar-refractivity contribution in [2.24, 2.45) is 0 Å². The topological polar surface area (TPSA) is 53.7 Å². The molecule has 0 N–H and O–H groups in total. The lowest BCUT2D eigenvalue weighted by Gasteiger charge is -2.13. The van der Waals surface area contributed by atoms with Gasteiger partial charge in [0.1, 0.15) is 11.2 Å². The molecule has 0 aliphatic carbocycles. The van der Waals surface area contributed by atoms with Gasteiger partial charge in [0.25, 0.3) is 0 Å². The van der Waals surface area contributed by atoms with E-state index in [-0.39, 0.29) is 0 Å². The normalized spacial score (nSPS) is 11.9. The fourth-order valence-electron chi connectivity index (χ4n) is 8.86. The molecule has 12 rings (SSSR count). The average molecular weight is 718 g/mol. The predicted molar refractivity (Wildman–Crippen MR) is 228 cm³/mol. The molecule has 0 atom stereocenters. The van der Waals surface area contributed by atoms with Gasteiger partial charge in [-0.05, 0) is 66.7 Å². The Bertz CT molecular complexity index is 3480. The number of fused-ring (bicyclic) bond motifs is 10. The summed E-state index contributed by atoms with van der Waals surface area (Å²) < 4.78 is 13.3. The molecule has 0 spiro atoms. The van der Waals surface area contributed by atoms with E-state index in [0.29, 0.717) is 0 Å². The van der Waals surface area contributed by atoms with Gasteiger partial charge in [-0.3, -0.25) is 4.57 Å². The molecule has 6 heteroatoms. The second-order valence-electron chi connectivity index (χ2n) is 14.2. The van der Waals surface area contributed by atoms with E-state index in [9.17, 15) is 0 Å². The number of benzene rings is 8. The minimum Gasteiger partial charge on any atom is -0.456 e. The second-order valence-corrected chi connectivity index (χ2v) is 14.2. The fourth-order valence-corrected chi connectivity index (χ4v) is 8.86. The first kappa shape index (κ1) is 30.7. The third kappa shape index (κ3) is 4.38. The van der Waals surface area contributed by atoms with E-state index >= 15 is 0 Å². The van der Waals surface area contributed by atoms with Crippen molar-refractivity contribution in [1.29, 1.82) is 0 Å². The standard InChI is InChI=1S/C50H31N5O/c1-3-15-32(16-4-1)49-51-52-50(55(49)33-17-5-2-6-18-33)39-24-14-27-42-46(39)36-21-7-10-25-40(36)53(42)34-19-13-20-35(31-34)54-41-26-11-8-22-37(41)47-43(54)29-30-45-48(47)38-23-9-12-28-44(38)56-45/h1-31H. The monoisotopic (exact) mass is 717 g/mol. The summed E-state index contributed by atoms with van der Waals surface area (Å²) in [6.07, 6.45) is 0. The van der Waals surface area contributed by atoms with Crippen LogP contribution in [0.1, 0.15) is 0 Å². The zero-order chi connectivity index (χ0) is 36.7. The minimum atomic E-state index is 0.792. The highest BCUT2D eigenvalue weighted by Gasteiger charge is 2.23. The molecule has 0 amide bonds. The van der Waals surface area contributed by atoms with E-state index in [1.54, 1.807) is 0 Å². The van der Waals surface area contributed by atoms with Crippen LogP contribution in [0.2, 0.25) is 0 Å². The highest BCUT2D eigenvalue weighted by Crippen LogP contribution is 2.43. The third-order valence-electron chi connectivity index (χ3n) is 11.2. The van der Waals surface area contributed by atoms with Crippen molar-refractivity contribution in [3.8, 4) is 39.8 Å². The molecule has 6 nitrogen and oxygen atoms in total. The molecule has 0 aliphatic heterocycles. The van der Waals surface area contributed by atoms with Crippen LogP contribution in [0.15, 0.2) is 192 Å². The highest BCUT2D eigenvalue weighted by atomic mass is 16.3. The molecule has 262 valence electrons. The van der Waals surface area contributed by atoms with Gasteiger partial charge in [0.05, 0.1) is 22.1 Å². The van der Waals surface area contributed by atoms with Crippen LogP contribution in [0.25, 0.3) is 105 Å². The van der Waals surface area contributed by atoms with Crippen molar-refractivity contribution in [2.45, 2.75) is 0 Å². The molecule has 0 aliphatic rings. The third-order valence-corrected chi connectivity index (χ3v) is 11.2. The Labute approximate surface area is 320 Å². The van der Waals surface area contributed by atoms with Crippen molar-refractivity contribution >= 4 is 65.6 Å². The van der Waals surface area contributed by atoms with Crippen LogP contribution in [0.4, 0.5) is 0 Å². The van der Waals surface area contributed by atoms with Crippen molar-refractivity contribution in [2.75, 3.05) is 0 Å². The van der Waals surface area contributed by atoms with E-state index in [1.165, 1.54) is 10.8 Å². The van der Waals surface area contributed by atoms with Gasteiger partial charge < -0.3 is 13.6 Å². The number of furan rings is 1. The van der Waals surface area contributed by atoms with Crippen LogP contribution in [0.3, 0.4) is 0 Å². The van der Waals surface area contributed by atoms with Crippen LogP contribution in [-0.4, -0.2) is 23.9 Å². The molecule has 0 unspecified atom stereocenters. The Kier molecular flexibility index (Phi) is 6.53. The lowest BCUT2D eigenvalue weighted by Crippen LogP contribution is -2.01. The zero-order valence-corrected chi connectivity index (χ0v) is 30.0. The van der Waals surface area contributed by atoms with Crippen LogP contribution < -0.4 is 0 Å². The van der Waals surface area contributed by atoms with E-state index in [1.807, 2.05) is 30.3 Å². The quantitative estimate of drug-likeness (QED) is 0.178. The van der Waals surface area contributed by atoms with Crippen LogP contribution in [0, 0.1) is 0 Å². The maximum absolute atomic E-state index is 6.35.